The van der Waals surface area contributed by atoms with Gasteiger partial charge in [0.1, 0.15) is 11.6 Å². The summed E-state index contributed by atoms with van der Waals surface area (Å²) in [5.74, 6) is 0.128. The van der Waals surface area contributed by atoms with Crippen LogP contribution in [-0.4, -0.2) is 26.9 Å². The van der Waals surface area contributed by atoms with Crippen molar-refractivity contribution in [2.24, 2.45) is 7.05 Å². The summed E-state index contributed by atoms with van der Waals surface area (Å²) in [6.07, 6.45) is 5.36. The Labute approximate surface area is 116 Å². The van der Waals surface area contributed by atoms with Crippen LogP contribution >= 0.6 is 0 Å². The van der Waals surface area contributed by atoms with Crippen LogP contribution in [0.5, 0.6) is 0 Å². The lowest BCUT2D eigenvalue weighted by molar-refractivity contribution is 0.0723. The minimum absolute atomic E-state index is 0.0675. The van der Waals surface area contributed by atoms with E-state index in [1.807, 2.05) is 17.8 Å². The molecule has 0 aliphatic carbocycles. The van der Waals surface area contributed by atoms with Crippen LogP contribution in [0.4, 0.5) is 4.39 Å². The lowest BCUT2D eigenvalue weighted by Crippen LogP contribution is -2.32. The van der Waals surface area contributed by atoms with Crippen LogP contribution in [0, 0.1) is 5.82 Å². The topological polar surface area (TPSA) is 38.1 Å². The van der Waals surface area contributed by atoms with E-state index in [2.05, 4.69) is 4.98 Å². The third-order valence-electron chi connectivity index (χ3n) is 3.77. The first-order chi connectivity index (χ1) is 9.68. The maximum Gasteiger partial charge on any atom is 0.257 e. The van der Waals surface area contributed by atoms with Crippen molar-refractivity contribution in [3.63, 3.8) is 0 Å². The van der Waals surface area contributed by atoms with Gasteiger partial charge in [-0.05, 0) is 25.0 Å². The molecule has 1 aromatic heterocycles. The smallest absolute Gasteiger partial charge is 0.257 e. The van der Waals surface area contributed by atoms with Crippen molar-refractivity contribution in [3.8, 4) is 0 Å². The summed E-state index contributed by atoms with van der Waals surface area (Å²) in [5.41, 5.74) is 0.133. The highest BCUT2D eigenvalue weighted by Gasteiger charge is 2.33. The van der Waals surface area contributed by atoms with Crippen molar-refractivity contribution in [2.45, 2.75) is 18.9 Å². The van der Waals surface area contributed by atoms with Crippen LogP contribution in [0.25, 0.3) is 0 Å². The van der Waals surface area contributed by atoms with Gasteiger partial charge in [0.05, 0.1) is 11.6 Å². The largest absolute Gasteiger partial charge is 0.336 e. The van der Waals surface area contributed by atoms with Gasteiger partial charge < -0.3 is 9.47 Å². The fourth-order valence-electron chi connectivity index (χ4n) is 2.77. The number of amides is 1. The number of hydrogen-bond donors (Lipinski definition) is 0. The third-order valence-corrected chi connectivity index (χ3v) is 3.77. The highest BCUT2D eigenvalue weighted by atomic mass is 19.1. The molecule has 5 heteroatoms. The summed E-state index contributed by atoms with van der Waals surface area (Å²) >= 11 is 0. The zero-order valence-electron chi connectivity index (χ0n) is 11.3. The molecule has 0 bridgehead atoms. The molecule has 1 saturated heterocycles. The maximum atomic E-state index is 13.8. The Kier molecular flexibility index (Phi) is 3.26. The lowest BCUT2D eigenvalue weighted by atomic mass is 10.1. The van der Waals surface area contributed by atoms with Crippen LogP contribution in [0.2, 0.25) is 0 Å². The van der Waals surface area contributed by atoms with Gasteiger partial charge in [-0.3, -0.25) is 4.79 Å². The standard InChI is InChI=1S/C15H16FN3O/c1-18-10-8-17-14(18)13-7-4-9-19(13)15(20)11-5-2-3-6-12(11)16/h2-3,5-6,8,10,13H,4,7,9H2,1H3. The average molecular weight is 273 g/mol. The van der Waals surface area contributed by atoms with E-state index >= 15 is 0 Å². The zero-order chi connectivity index (χ0) is 14.1. The number of nitrogens with zero attached hydrogens (tertiary/aromatic N) is 3. The Morgan fingerprint density at radius 2 is 2.20 bits per heavy atom. The molecule has 2 heterocycles. The van der Waals surface area contributed by atoms with E-state index in [9.17, 15) is 9.18 Å². The molecule has 0 radical (unpaired) electrons. The monoisotopic (exact) mass is 273 g/mol. The number of carbonyl (C=O) groups is 1. The fourth-order valence-corrected chi connectivity index (χ4v) is 2.77. The third kappa shape index (κ3) is 2.09. The Hall–Kier alpha value is -2.17. The van der Waals surface area contributed by atoms with Crippen molar-refractivity contribution >= 4 is 5.91 Å². The van der Waals surface area contributed by atoms with Gasteiger partial charge in [0.15, 0.2) is 0 Å². The number of halogens is 1. The number of likely N-dealkylation sites (tertiary alicyclic amines) is 1. The molecule has 4 nitrogen and oxygen atoms in total. The summed E-state index contributed by atoms with van der Waals surface area (Å²) in [6.45, 7) is 0.644. The number of imidazole rings is 1. The Morgan fingerprint density at radius 1 is 1.40 bits per heavy atom. The number of aryl methyl sites for hydroxylation is 1. The molecule has 1 aliphatic rings. The Morgan fingerprint density at radius 3 is 2.90 bits per heavy atom. The predicted octanol–water partition coefficient (Wildman–Crippen LogP) is 2.54. The second kappa shape index (κ2) is 5.07. The zero-order valence-corrected chi connectivity index (χ0v) is 11.3. The van der Waals surface area contributed by atoms with E-state index in [1.54, 1.807) is 23.2 Å². The van der Waals surface area contributed by atoms with Gasteiger partial charge in [-0.25, -0.2) is 9.37 Å². The molecule has 3 rings (SSSR count). The minimum Gasteiger partial charge on any atom is -0.336 e. The van der Waals surface area contributed by atoms with Crippen LogP contribution in [0.1, 0.15) is 35.1 Å². The SMILES string of the molecule is Cn1ccnc1C1CCCN1C(=O)c1ccccc1F. The molecule has 0 saturated carbocycles. The van der Waals surface area contributed by atoms with E-state index in [4.69, 9.17) is 0 Å². The molecule has 0 spiro atoms. The van der Waals surface area contributed by atoms with Crippen LogP contribution in [0.15, 0.2) is 36.7 Å². The van der Waals surface area contributed by atoms with Gasteiger partial charge in [-0.1, -0.05) is 12.1 Å². The minimum atomic E-state index is -0.469. The van der Waals surface area contributed by atoms with E-state index in [0.717, 1.165) is 18.7 Å². The van der Waals surface area contributed by atoms with Crippen molar-refractivity contribution in [1.29, 1.82) is 0 Å². The first-order valence-corrected chi connectivity index (χ1v) is 6.71. The Bertz CT molecular complexity index is 638. The van der Waals surface area contributed by atoms with Crippen molar-refractivity contribution in [2.75, 3.05) is 6.54 Å². The second-order valence-corrected chi connectivity index (χ2v) is 5.03. The predicted molar refractivity (Wildman–Crippen MR) is 72.6 cm³/mol. The summed E-state index contributed by atoms with van der Waals surface area (Å²) in [6, 6.07) is 6.06. The molecule has 1 aliphatic heterocycles. The molecule has 20 heavy (non-hydrogen) atoms. The number of benzene rings is 1. The molecule has 1 atom stereocenters. The van der Waals surface area contributed by atoms with Crippen LogP contribution in [0.3, 0.4) is 0 Å². The van der Waals surface area contributed by atoms with E-state index in [-0.39, 0.29) is 17.5 Å². The van der Waals surface area contributed by atoms with Gasteiger partial charge in [0.25, 0.3) is 5.91 Å². The Balaban J connectivity index is 1.92. The van der Waals surface area contributed by atoms with Gasteiger partial charge >= 0.3 is 0 Å². The van der Waals surface area contributed by atoms with Gasteiger partial charge in [-0.15, -0.1) is 0 Å². The van der Waals surface area contributed by atoms with E-state index < -0.39 is 5.82 Å². The molecule has 1 unspecified atom stereocenters. The van der Waals surface area contributed by atoms with Gasteiger partial charge in [0, 0.05) is 26.0 Å². The van der Waals surface area contributed by atoms with Crippen LogP contribution < -0.4 is 0 Å². The van der Waals surface area contributed by atoms with Gasteiger partial charge in [0.2, 0.25) is 0 Å². The molecule has 0 N–H and O–H groups in total. The summed E-state index contributed by atoms with van der Waals surface area (Å²) in [4.78, 5) is 18.6. The average Bonchev–Trinajstić information content (AvgIpc) is 3.06. The molecule has 1 amide bonds. The maximum absolute atomic E-state index is 13.8. The number of hydrogen-bond acceptors (Lipinski definition) is 2. The normalized spacial score (nSPS) is 18.5. The molecule has 1 fully saturated rings. The molecule has 104 valence electrons. The second-order valence-electron chi connectivity index (χ2n) is 5.03. The fraction of sp³-hybridized carbons (Fsp3) is 0.333. The van der Waals surface area contributed by atoms with Crippen molar-refractivity contribution in [3.05, 3.63) is 53.9 Å². The van der Waals surface area contributed by atoms with Crippen molar-refractivity contribution in [1.82, 2.24) is 14.5 Å². The first kappa shape index (κ1) is 12.8. The van der Waals surface area contributed by atoms with Crippen molar-refractivity contribution < 1.29 is 9.18 Å². The molecular formula is C15H16FN3O. The summed E-state index contributed by atoms with van der Waals surface area (Å²) in [5, 5.41) is 0. The quantitative estimate of drug-likeness (QED) is 0.843. The van der Waals surface area contributed by atoms with E-state index in [1.165, 1.54) is 12.1 Å². The number of carbonyl (C=O) groups excluding carboxylic acids is 1. The van der Waals surface area contributed by atoms with Crippen LogP contribution in [-0.2, 0) is 7.05 Å². The number of aromatic nitrogens is 2. The molecule has 1 aromatic carbocycles. The van der Waals surface area contributed by atoms with Gasteiger partial charge in [-0.2, -0.15) is 0 Å². The highest BCUT2D eigenvalue weighted by Crippen LogP contribution is 2.32. The summed E-state index contributed by atoms with van der Waals surface area (Å²) < 4.78 is 15.7. The molecular weight excluding hydrogens is 257 g/mol. The number of rotatable bonds is 2. The first-order valence-electron chi connectivity index (χ1n) is 6.71. The summed E-state index contributed by atoms with van der Waals surface area (Å²) in [7, 11) is 1.91. The highest BCUT2D eigenvalue weighted by molar-refractivity contribution is 5.94. The molecule has 2 aromatic rings. The van der Waals surface area contributed by atoms with E-state index in [0.29, 0.717) is 6.54 Å². The lowest BCUT2D eigenvalue weighted by Gasteiger charge is -2.24.